The zero-order chi connectivity index (χ0) is 12.3. The second kappa shape index (κ2) is 5.83. The molecule has 1 aliphatic rings. The summed E-state index contributed by atoms with van der Waals surface area (Å²) >= 11 is 3.44. The van der Waals surface area contributed by atoms with Crippen molar-refractivity contribution in [3.05, 3.63) is 22.3 Å². The van der Waals surface area contributed by atoms with Gasteiger partial charge in [0.1, 0.15) is 5.82 Å². The molecular weight excluding hydrogens is 280 g/mol. The number of nitrogens with one attached hydrogen (secondary N) is 1. The van der Waals surface area contributed by atoms with Gasteiger partial charge in [0.2, 0.25) is 0 Å². The van der Waals surface area contributed by atoms with Crippen molar-refractivity contribution in [1.82, 2.24) is 4.98 Å². The molecule has 0 aromatic carbocycles. The summed E-state index contributed by atoms with van der Waals surface area (Å²) in [5.41, 5.74) is 0.999. The van der Waals surface area contributed by atoms with Crippen LogP contribution in [0.2, 0.25) is 0 Å². The average molecular weight is 299 g/mol. The average Bonchev–Trinajstić information content (AvgIpc) is 2.31. The first-order chi connectivity index (χ1) is 8.15. The fourth-order valence-corrected chi connectivity index (χ4v) is 2.56. The molecule has 94 valence electrons. The molecule has 1 heterocycles. The summed E-state index contributed by atoms with van der Waals surface area (Å²) in [6.45, 7) is 2.89. The van der Waals surface area contributed by atoms with E-state index in [2.05, 4.69) is 26.2 Å². The monoisotopic (exact) mass is 298 g/mol. The first-order valence-electron chi connectivity index (χ1n) is 6.20. The van der Waals surface area contributed by atoms with Crippen molar-refractivity contribution in [3.8, 4) is 0 Å². The first-order valence-corrected chi connectivity index (χ1v) is 6.99. The highest BCUT2D eigenvalue weighted by Gasteiger charge is 2.19. The maximum Gasteiger partial charge on any atom is 0.126 e. The molecule has 3 nitrogen and oxygen atoms in total. The van der Waals surface area contributed by atoms with Gasteiger partial charge in [-0.1, -0.05) is 6.42 Å². The van der Waals surface area contributed by atoms with Crippen LogP contribution in [0.3, 0.4) is 0 Å². The zero-order valence-electron chi connectivity index (χ0n) is 10.1. The second-order valence-electron chi connectivity index (χ2n) is 4.83. The van der Waals surface area contributed by atoms with Gasteiger partial charge in [0.05, 0.1) is 11.8 Å². The Hall–Kier alpha value is -0.610. The van der Waals surface area contributed by atoms with Crippen molar-refractivity contribution >= 4 is 21.7 Å². The number of rotatable bonds is 3. The highest BCUT2D eigenvalue weighted by Crippen LogP contribution is 2.24. The molecule has 1 aromatic rings. The van der Waals surface area contributed by atoms with Crippen molar-refractivity contribution in [2.75, 3.05) is 11.9 Å². The minimum Gasteiger partial charge on any atom is -0.393 e. The van der Waals surface area contributed by atoms with Gasteiger partial charge in [-0.25, -0.2) is 4.98 Å². The number of pyridine rings is 1. The van der Waals surface area contributed by atoms with Crippen molar-refractivity contribution in [1.29, 1.82) is 0 Å². The Morgan fingerprint density at radius 1 is 1.47 bits per heavy atom. The molecule has 2 atom stereocenters. The van der Waals surface area contributed by atoms with Crippen LogP contribution in [0.25, 0.3) is 0 Å². The number of halogens is 1. The van der Waals surface area contributed by atoms with Gasteiger partial charge in [0.25, 0.3) is 0 Å². The molecule has 0 bridgehead atoms. The summed E-state index contributed by atoms with van der Waals surface area (Å²) in [5.74, 6) is 1.50. The van der Waals surface area contributed by atoms with E-state index in [9.17, 15) is 5.11 Å². The molecule has 0 amide bonds. The predicted octanol–water partition coefficient (Wildman–Crippen LogP) is 3.12. The quantitative estimate of drug-likeness (QED) is 0.901. The number of hydrogen-bond donors (Lipinski definition) is 2. The summed E-state index contributed by atoms with van der Waals surface area (Å²) in [7, 11) is 0. The summed E-state index contributed by atoms with van der Waals surface area (Å²) in [6.07, 6.45) is 4.13. The zero-order valence-corrected chi connectivity index (χ0v) is 11.7. The number of aromatic nitrogens is 1. The third-order valence-corrected chi connectivity index (χ3v) is 4.19. The van der Waals surface area contributed by atoms with Crippen molar-refractivity contribution in [2.45, 2.75) is 38.7 Å². The highest BCUT2D eigenvalue weighted by atomic mass is 79.9. The Morgan fingerprint density at radius 2 is 2.29 bits per heavy atom. The first kappa shape index (κ1) is 12.8. The Balaban J connectivity index is 1.86. The third kappa shape index (κ3) is 3.68. The third-order valence-electron chi connectivity index (χ3n) is 3.35. The Labute approximate surface area is 111 Å². The molecule has 2 N–H and O–H groups in total. The molecule has 0 spiro atoms. The van der Waals surface area contributed by atoms with Crippen LogP contribution in [-0.2, 0) is 0 Å². The number of aliphatic hydroxyl groups excluding tert-OH is 1. The van der Waals surface area contributed by atoms with Gasteiger partial charge in [-0.3, -0.25) is 0 Å². The van der Waals surface area contributed by atoms with E-state index in [4.69, 9.17) is 0 Å². The molecule has 1 fully saturated rings. The van der Waals surface area contributed by atoms with E-state index < -0.39 is 0 Å². The van der Waals surface area contributed by atoms with Crippen LogP contribution in [-0.4, -0.2) is 22.7 Å². The minimum absolute atomic E-state index is 0.102. The number of nitrogens with zero attached hydrogens (tertiary/aromatic N) is 1. The number of anilines is 1. The summed E-state index contributed by atoms with van der Waals surface area (Å²) in [6, 6.07) is 4.00. The molecule has 0 aliphatic heterocycles. The smallest absolute Gasteiger partial charge is 0.126 e. The van der Waals surface area contributed by atoms with Gasteiger partial charge in [-0.05, 0) is 60.2 Å². The van der Waals surface area contributed by atoms with Crippen LogP contribution >= 0.6 is 15.9 Å². The highest BCUT2D eigenvalue weighted by molar-refractivity contribution is 9.10. The van der Waals surface area contributed by atoms with E-state index in [0.29, 0.717) is 5.92 Å². The van der Waals surface area contributed by atoms with E-state index in [-0.39, 0.29) is 6.10 Å². The van der Waals surface area contributed by atoms with Crippen molar-refractivity contribution < 1.29 is 5.11 Å². The molecule has 2 rings (SSSR count). The fourth-order valence-electron chi connectivity index (χ4n) is 2.34. The molecule has 2 unspecified atom stereocenters. The van der Waals surface area contributed by atoms with Crippen LogP contribution in [0.15, 0.2) is 16.6 Å². The van der Waals surface area contributed by atoms with Gasteiger partial charge < -0.3 is 10.4 Å². The predicted molar refractivity (Wildman–Crippen MR) is 73.1 cm³/mol. The van der Waals surface area contributed by atoms with E-state index >= 15 is 0 Å². The van der Waals surface area contributed by atoms with Gasteiger partial charge >= 0.3 is 0 Å². The largest absolute Gasteiger partial charge is 0.393 e. The summed E-state index contributed by atoms with van der Waals surface area (Å²) in [4.78, 5) is 4.46. The maximum absolute atomic E-state index is 9.61. The van der Waals surface area contributed by atoms with Crippen molar-refractivity contribution in [3.63, 3.8) is 0 Å². The van der Waals surface area contributed by atoms with Gasteiger partial charge in [-0.2, -0.15) is 0 Å². The minimum atomic E-state index is -0.102. The number of aliphatic hydroxyl groups is 1. The molecule has 1 saturated carbocycles. The van der Waals surface area contributed by atoms with Gasteiger partial charge in [0, 0.05) is 11.0 Å². The molecular formula is C13H19BrN2O. The normalized spacial score (nSPS) is 24.6. The summed E-state index contributed by atoms with van der Waals surface area (Å²) < 4.78 is 1.04. The fraction of sp³-hybridized carbons (Fsp3) is 0.615. The molecule has 17 heavy (non-hydrogen) atoms. The van der Waals surface area contributed by atoms with Crippen molar-refractivity contribution in [2.24, 2.45) is 5.92 Å². The standard InChI is InChI=1S/C13H19BrN2O/c1-9-12(14)5-6-13(16-9)15-8-10-3-2-4-11(17)7-10/h5-6,10-11,17H,2-4,7-8H2,1H3,(H,15,16). The molecule has 0 saturated heterocycles. The lowest BCUT2D eigenvalue weighted by Crippen LogP contribution is -2.25. The summed E-state index contributed by atoms with van der Waals surface area (Å²) in [5, 5.41) is 13.0. The van der Waals surface area contributed by atoms with E-state index in [1.807, 2.05) is 19.1 Å². The lowest BCUT2D eigenvalue weighted by molar-refractivity contribution is 0.104. The second-order valence-corrected chi connectivity index (χ2v) is 5.69. The number of aryl methyl sites for hydroxylation is 1. The van der Waals surface area contributed by atoms with Gasteiger partial charge in [-0.15, -0.1) is 0 Å². The van der Waals surface area contributed by atoms with E-state index in [1.54, 1.807) is 0 Å². The maximum atomic E-state index is 9.61. The van der Waals surface area contributed by atoms with Crippen LogP contribution in [0, 0.1) is 12.8 Å². The van der Waals surface area contributed by atoms with E-state index in [0.717, 1.165) is 41.8 Å². The number of hydrogen-bond acceptors (Lipinski definition) is 3. The Kier molecular flexibility index (Phi) is 4.40. The Bertz CT molecular complexity index is 384. The molecule has 1 aliphatic carbocycles. The lowest BCUT2D eigenvalue weighted by Gasteiger charge is -2.26. The Morgan fingerprint density at radius 3 is 3.00 bits per heavy atom. The van der Waals surface area contributed by atoms with Crippen LogP contribution in [0.4, 0.5) is 5.82 Å². The SMILES string of the molecule is Cc1nc(NCC2CCCC(O)C2)ccc1Br. The molecule has 0 radical (unpaired) electrons. The topological polar surface area (TPSA) is 45.2 Å². The molecule has 4 heteroatoms. The molecule has 1 aromatic heterocycles. The lowest BCUT2D eigenvalue weighted by atomic mass is 9.87. The van der Waals surface area contributed by atoms with Crippen LogP contribution in [0.1, 0.15) is 31.4 Å². The van der Waals surface area contributed by atoms with E-state index in [1.165, 1.54) is 6.42 Å². The van der Waals surface area contributed by atoms with Gasteiger partial charge in [0.15, 0.2) is 0 Å². The van der Waals surface area contributed by atoms with Crippen LogP contribution in [0.5, 0.6) is 0 Å². The van der Waals surface area contributed by atoms with Crippen LogP contribution < -0.4 is 5.32 Å².